The van der Waals surface area contributed by atoms with Gasteiger partial charge in [0.2, 0.25) is 0 Å². The first-order valence-corrected chi connectivity index (χ1v) is 8.26. The number of nitrogens with one attached hydrogen (secondary N) is 1. The van der Waals surface area contributed by atoms with Crippen LogP contribution in [0.1, 0.15) is 56.7 Å². The Labute approximate surface area is 128 Å². The van der Waals surface area contributed by atoms with Gasteiger partial charge in [0.05, 0.1) is 12.7 Å². The van der Waals surface area contributed by atoms with Crippen LogP contribution in [0.5, 0.6) is 5.75 Å². The largest absolute Gasteiger partial charge is 0.487 e. The van der Waals surface area contributed by atoms with Crippen LogP contribution in [0.25, 0.3) is 0 Å². The van der Waals surface area contributed by atoms with Gasteiger partial charge in [0.25, 0.3) is 0 Å². The van der Waals surface area contributed by atoms with Crippen LogP contribution in [-0.2, 0) is 4.74 Å². The van der Waals surface area contributed by atoms with Crippen LogP contribution >= 0.6 is 0 Å². The van der Waals surface area contributed by atoms with Gasteiger partial charge in [0, 0.05) is 30.9 Å². The third kappa shape index (κ3) is 3.09. The highest BCUT2D eigenvalue weighted by molar-refractivity contribution is 5.41. The van der Waals surface area contributed by atoms with E-state index in [4.69, 9.17) is 9.47 Å². The number of rotatable bonds is 3. The van der Waals surface area contributed by atoms with Gasteiger partial charge in [0.1, 0.15) is 11.4 Å². The van der Waals surface area contributed by atoms with E-state index in [1.807, 2.05) is 0 Å². The smallest absolute Gasteiger partial charge is 0.124 e. The van der Waals surface area contributed by atoms with Crippen LogP contribution < -0.4 is 10.1 Å². The van der Waals surface area contributed by atoms with Gasteiger partial charge in [-0.2, -0.15) is 0 Å². The van der Waals surface area contributed by atoms with Crippen LogP contribution in [0, 0.1) is 6.92 Å². The molecule has 1 aromatic rings. The van der Waals surface area contributed by atoms with Gasteiger partial charge in [0.15, 0.2) is 0 Å². The second kappa shape index (κ2) is 5.98. The fourth-order valence-electron chi connectivity index (χ4n) is 3.70. The predicted octanol–water partition coefficient (Wildman–Crippen LogP) is 3.76. The maximum atomic E-state index is 6.48. The Bertz CT molecular complexity index is 502. The summed E-state index contributed by atoms with van der Waals surface area (Å²) in [7, 11) is 0. The lowest BCUT2D eigenvalue weighted by atomic mass is 9.80. The lowest BCUT2D eigenvalue weighted by molar-refractivity contribution is -0.0967. The maximum absolute atomic E-state index is 6.48. The quantitative estimate of drug-likeness (QED) is 0.919. The molecule has 0 bridgehead atoms. The van der Waals surface area contributed by atoms with E-state index in [1.54, 1.807) is 0 Å². The molecule has 0 aliphatic carbocycles. The minimum Gasteiger partial charge on any atom is -0.487 e. The summed E-state index contributed by atoms with van der Waals surface area (Å²) in [5, 5.41) is 3.72. The highest BCUT2D eigenvalue weighted by Crippen LogP contribution is 2.45. The molecule has 0 amide bonds. The molecule has 3 nitrogen and oxygen atoms in total. The molecule has 1 aromatic carbocycles. The summed E-state index contributed by atoms with van der Waals surface area (Å²) >= 11 is 0. The molecule has 1 fully saturated rings. The average molecular weight is 289 g/mol. The third-order valence-electron chi connectivity index (χ3n) is 4.70. The van der Waals surface area contributed by atoms with Crippen LogP contribution in [0.15, 0.2) is 18.2 Å². The Morgan fingerprint density at radius 3 is 2.95 bits per heavy atom. The van der Waals surface area contributed by atoms with E-state index in [9.17, 15) is 0 Å². The number of fused-ring (bicyclic) bond motifs is 1. The summed E-state index contributed by atoms with van der Waals surface area (Å²) in [6.45, 7) is 8.39. The van der Waals surface area contributed by atoms with Gasteiger partial charge in [-0.25, -0.2) is 0 Å². The minimum atomic E-state index is -0.0503. The summed E-state index contributed by atoms with van der Waals surface area (Å²) in [6, 6.07) is 6.97. The number of aryl methyl sites for hydroxylation is 1. The highest BCUT2D eigenvalue weighted by Gasteiger charge is 2.43. The molecular weight excluding hydrogens is 262 g/mol. The predicted molar refractivity (Wildman–Crippen MR) is 84.8 cm³/mol. The molecule has 2 aliphatic rings. The minimum absolute atomic E-state index is 0.0503. The normalized spacial score (nSPS) is 31.8. The third-order valence-corrected chi connectivity index (χ3v) is 4.70. The summed E-state index contributed by atoms with van der Waals surface area (Å²) in [5.41, 5.74) is 2.58. The number of ether oxygens (including phenoxy) is 2. The molecule has 116 valence electrons. The van der Waals surface area contributed by atoms with Crippen molar-refractivity contribution in [1.29, 1.82) is 0 Å². The van der Waals surface area contributed by atoms with Crippen molar-refractivity contribution in [2.45, 2.75) is 64.2 Å². The van der Waals surface area contributed by atoms with Crippen molar-refractivity contribution < 1.29 is 9.47 Å². The van der Waals surface area contributed by atoms with Crippen LogP contribution in [0.2, 0.25) is 0 Å². The molecule has 0 saturated carbocycles. The first-order valence-electron chi connectivity index (χ1n) is 8.26. The van der Waals surface area contributed by atoms with E-state index in [0.29, 0.717) is 6.04 Å². The van der Waals surface area contributed by atoms with Gasteiger partial charge in [-0.3, -0.25) is 0 Å². The molecule has 2 heterocycles. The van der Waals surface area contributed by atoms with Gasteiger partial charge in [-0.15, -0.1) is 0 Å². The second-order valence-electron chi connectivity index (χ2n) is 6.67. The van der Waals surface area contributed by atoms with E-state index in [2.05, 4.69) is 44.3 Å². The van der Waals surface area contributed by atoms with Crippen molar-refractivity contribution in [3.63, 3.8) is 0 Å². The van der Waals surface area contributed by atoms with Crippen molar-refractivity contribution in [2.75, 3.05) is 13.2 Å². The molecule has 0 radical (unpaired) electrons. The van der Waals surface area contributed by atoms with Gasteiger partial charge >= 0.3 is 0 Å². The van der Waals surface area contributed by atoms with Crippen molar-refractivity contribution in [2.24, 2.45) is 0 Å². The number of hydrogen-bond acceptors (Lipinski definition) is 3. The van der Waals surface area contributed by atoms with E-state index in [1.165, 1.54) is 11.1 Å². The average Bonchev–Trinajstić information content (AvgIpc) is 2.45. The standard InChI is InChI=1S/C18H27NO2/c1-4-8-19-16-12-18(7-9-20-14(3)11-18)21-17-6-5-13(2)10-15(16)17/h5-6,10,14,16,19H,4,7-9,11-12H2,1-3H3. The molecule has 21 heavy (non-hydrogen) atoms. The molecule has 3 unspecified atom stereocenters. The van der Waals surface area contributed by atoms with E-state index in [-0.39, 0.29) is 11.7 Å². The van der Waals surface area contributed by atoms with Crippen molar-refractivity contribution in [1.82, 2.24) is 5.32 Å². The van der Waals surface area contributed by atoms with Gasteiger partial charge in [-0.1, -0.05) is 24.6 Å². The number of hydrogen-bond donors (Lipinski definition) is 1. The van der Waals surface area contributed by atoms with Crippen molar-refractivity contribution in [3.8, 4) is 5.75 Å². The van der Waals surface area contributed by atoms with E-state index >= 15 is 0 Å². The zero-order chi connectivity index (χ0) is 14.9. The molecule has 2 aliphatic heterocycles. The van der Waals surface area contributed by atoms with Crippen molar-refractivity contribution >= 4 is 0 Å². The molecule has 1 spiro atoms. The van der Waals surface area contributed by atoms with Crippen molar-refractivity contribution in [3.05, 3.63) is 29.3 Å². The van der Waals surface area contributed by atoms with Crippen LogP contribution in [-0.4, -0.2) is 24.9 Å². The first-order chi connectivity index (χ1) is 10.1. The second-order valence-corrected chi connectivity index (χ2v) is 6.67. The summed E-state index contributed by atoms with van der Waals surface area (Å²) in [4.78, 5) is 0. The summed E-state index contributed by atoms with van der Waals surface area (Å²) < 4.78 is 12.2. The fraction of sp³-hybridized carbons (Fsp3) is 0.667. The SMILES string of the molecule is CCCNC1CC2(CCOC(C)C2)Oc2ccc(C)cc21. The summed E-state index contributed by atoms with van der Waals surface area (Å²) in [5.74, 6) is 1.06. The first kappa shape index (κ1) is 14.9. The maximum Gasteiger partial charge on any atom is 0.124 e. The Morgan fingerprint density at radius 1 is 1.33 bits per heavy atom. The zero-order valence-electron chi connectivity index (χ0n) is 13.4. The number of benzene rings is 1. The molecule has 3 heteroatoms. The Kier molecular flexibility index (Phi) is 4.23. The fourth-order valence-corrected chi connectivity index (χ4v) is 3.70. The molecule has 1 saturated heterocycles. The lowest BCUT2D eigenvalue weighted by Crippen LogP contribution is -2.49. The molecule has 0 aromatic heterocycles. The van der Waals surface area contributed by atoms with Gasteiger partial charge in [-0.05, 0) is 32.9 Å². The zero-order valence-corrected chi connectivity index (χ0v) is 13.4. The monoisotopic (exact) mass is 289 g/mol. The van der Waals surface area contributed by atoms with Crippen LogP contribution in [0.4, 0.5) is 0 Å². The van der Waals surface area contributed by atoms with E-state index < -0.39 is 0 Å². The van der Waals surface area contributed by atoms with Gasteiger partial charge < -0.3 is 14.8 Å². The summed E-state index contributed by atoms with van der Waals surface area (Å²) in [6.07, 6.45) is 4.49. The highest BCUT2D eigenvalue weighted by atomic mass is 16.5. The van der Waals surface area contributed by atoms with Crippen LogP contribution in [0.3, 0.4) is 0 Å². The Balaban J connectivity index is 1.90. The Morgan fingerprint density at radius 2 is 2.19 bits per heavy atom. The molecular formula is C18H27NO2. The topological polar surface area (TPSA) is 30.5 Å². The molecule has 3 rings (SSSR count). The van der Waals surface area contributed by atoms with E-state index in [0.717, 1.165) is 44.6 Å². The molecule has 1 N–H and O–H groups in total. The lowest BCUT2D eigenvalue weighted by Gasteiger charge is -2.46. The molecule has 3 atom stereocenters. The Hall–Kier alpha value is -1.06.